The maximum atomic E-state index is 10.3. The van der Waals surface area contributed by atoms with E-state index in [2.05, 4.69) is 6.58 Å². The molecule has 0 heterocycles. The van der Waals surface area contributed by atoms with Crippen LogP contribution in [-0.4, -0.2) is 5.11 Å². The summed E-state index contributed by atoms with van der Waals surface area (Å²) < 4.78 is 0. The van der Waals surface area contributed by atoms with Crippen molar-refractivity contribution in [1.29, 1.82) is 0 Å². The first kappa shape index (κ1) is 8.52. The summed E-state index contributed by atoms with van der Waals surface area (Å²) in [6.07, 6.45) is 3.76. The van der Waals surface area contributed by atoms with Gasteiger partial charge in [-0.15, -0.1) is 6.58 Å². The Balaban J connectivity index is 2.30. The normalized spacial score (nSPS) is 32.2. The minimum absolute atomic E-state index is 0.231. The number of aliphatic hydroxyl groups is 1. The van der Waals surface area contributed by atoms with Gasteiger partial charge in [-0.25, -0.2) is 0 Å². The smallest absolute Gasteiger partial charge is 0.0958 e. The molecule has 1 fully saturated rings. The minimum Gasteiger partial charge on any atom is -0.385 e. The first-order chi connectivity index (χ1) is 6.27. The van der Waals surface area contributed by atoms with E-state index in [1.165, 1.54) is 0 Å². The second-order valence-electron chi connectivity index (χ2n) is 3.67. The summed E-state index contributed by atoms with van der Waals surface area (Å²) in [7, 11) is 0. The van der Waals surface area contributed by atoms with E-state index >= 15 is 0 Å². The molecule has 1 aliphatic rings. The Labute approximate surface area is 78.7 Å². The topological polar surface area (TPSA) is 20.2 Å². The lowest BCUT2D eigenvalue weighted by molar-refractivity contribution is -0.0798. The average Bonchev–Trinajstić information content (AvgIpc) is 2.17. The fourth-order valence-electron chi connectivity index (χ4n) is 1.98. The van der Waals surface area contributed by atoms with Crippen LogP contribution in [0.5, 0.6) is 0 Å². The molecule has 0 spiro atoms. The summed E-state index contributed by atoms with van der Waals surface area (Å²) in [4.78, 5) is 0. The lowest BCUT2D eigenvalue weighted by Crippen LogP contribution is -2.42. The molecule has 0 aromatic heterocycles. The lowest BCUT2D eigenvalue weighted by Gasteiger charge is -2.44. The molecule has 68 valence electrons. The second kappa shape index (κ2) is 3.00. The molecule has 1 aromatic rings. The summed E-state index contributed by atoms with van der Waals surface area (Å²) in [5.74, 6) is 0.231. The molecule has 0 radical (unpaired) electrons. The molecule has 0 amide bonds. The summed E-state index contributed by atoms with van der Waals surface area (Å²) >= 11 is 0. The number of benzene rings is 1. The van der Waals surface area contributed by atoms with E-state index in [0.717, 1.165) is 18.4 Å². The van der Waals surface area contributed by atoms with Gasteiger partial charge in [-0.05, 0) is 18.4 Å². The van der Waals surface area contributed by atoms with Crippen molar-refractivity contribution in [3.63, 3.8) is 0 Å². The van der Waals surface area contributed by atoms with E-state index < -0.39 is 5.60 Å². The molecule has 1 N–H and O–H groups in total. The SMILES string of the molecule is C=CC1CCC1(O)c1ccccc1. The molecule has 1 heteroatoms. The Morgan fingerprint density at radius 3 is 2.54 bits per heavy atom. The van der Waals surface area contributed by atoms with Gasteiger partial charge in [-0.1, -0.05) is 36.4 Å². The molecule has 0 saturated heterocycles. The Morgan fingerprint density at radius 2 is 2.08 bits per heavy atom. The molecule has 2 unspecified atom stereocenters. The summed E-state index contributed by atoms with van der Waals surface area (Å²) in [6, 6.07) is 9.86. The maximum absolute atomic E-state index is 10.3. The van der Waals surface area contributed by atoms with Gasteiger partial charge in [-0.3, -0.25) is 0 Å². The highest BCUT2D eigenvalue weighted by molar-refractivity contribution is 5.27. The first-order valence-electron chi connectivity index (χ1n) is 4.68. The van der Waals surface area contributed by atoms with E-state index in [1.807, 2.05) is 36.4 Å². The van der Waals surface area contributed by atoms with Gasteiger partial charge in [0.05, 0.1) is 5.60 Å². The van der Waals surface area contributed by atoms with Crippen LogP contribution in [0.4, 0.5) is 0 Å². The van der Waals surface area contributed by atoms with Crippen molar-refractivity contribution in [3.05, 3.63) is 48.6 Å². The van der Waals surface area contributed by atoms with Crippen LogP contribution in [0.1, 0.15) is 18.4 Å². The predicted molar refractivity (Wildman–Crippen MR) is 53.3 cm³/mol. The third-order valence-electron chi connectivity index (χ3n) is 3.01. The largest absolute Gasteiger partial charge is 0.385 e. The Kier molecular flexibility index (Phi) is 1.97. The van der Waals surface area contributed by atoms with Gasteiger partial charge in [0.2, 0.25) is 0 Å². The van der Waals surface area contributed by atoms with Crippen LogP contribution >= 0.6 is 0 Å². The Hall–Kier alpha value is -1.08. The van der Waals surface area contributed by atoms with Gasteiger partial charge in [0.15, 0.2) is 0 Å². The van der Waals surface area contributed by atoms with E-state index in [4.69, 9.17) is 0 Å². The fourth-order valence-corrected chi connectivity index (χ4v) is 1.98. The third kappa shape index (κ3) is 1.20. The number of rotatable bonds is 2. The predicted octanol–water partition coefficient (Wildman–Crippen LogP) is 2.47. The van der Waals surface area contributed by atoms with Crippen LogP contribution in [0.3, 0.4) is 0 Å². The molecule has 1 nitrogen and oxygen atoms in total. The van der Waals surface area contributed by atoms with Crippen LogP contribution in [0.15, 0.2) is 43.0 Å². The van der Waals surface area contributed by atoms with Crippen LogP contribution in [0.25, 0.3) is 0 Å². The number of hydrogen-bond donors (Lipinski definition) is 1. The van der Waals surface area contributed by atoms with Gasteiger partial charge in [0.1, 0.15) is 0 Å². The Morgan fingerprint density at radius 1 is 1.38 bits per heavy atom. The third-order valence-corrected chi connectivity index (χ3v) is 3.01. The van der Waals surface area contributed by atoms with E-state index in [-0.39, 0.29) is 5.92 Å². The quantitative estimate of drug-likeness (QED) is 0.683. The molecular formula is C12H14O. The second-order valence-corrected chi connectivity index (χ2v) is 3.67. The van der Waals surface area contributed by atoms with Gasteiger partial charge < -0.3 is 5.11 Å². The van der Waals surface area contributed by atoms with Crippen molar-refractivity contribution >= 4 is 0 Å². The van der Waals surface area contributed by atoms with Crippen molar-refractivity contribution in [2.24, 2.45) is 5.92 Å². The molecule has 2 rings (SSSR count). The monoisotopic (exact) mass is 174 g/mol. The highest BCUT2D eigenvalue weighted by atomic mass is 16.3. The van der Waals surface area contributed by atoms with Crippen LogP contribution in [0, 0.1) is 5.92 Å². The Bertz CT molecular complexity index is 304. The number of hydrogen-bond acceptors (Lipinski definition) is 1. The molecule has 0 aliphatic heterocycles. The zero-order valence-corrected chi connectivity index (χ0v) is 7.61. The van der Waals surface area contributed by atoms with Gasteiger partial charge in [-0.2, -0.15) is 0 Å². The van der Waals surface area contributed by atoms with Gasteiger partial charge in [0, 0.05) is 5.92 Å². The molecule has 0 bridgehead atoms. The zero-order chi connectivity index (χ0) is 9.31. The van der Waals surface area contributed by atoms with Crippen molar-refractivity contribution < 1.29 is 5.11 Å². The zero-order valence-electron chi connectivity index (χ0n) is 7.61. The van der Waals surface area contributed by atoms with E-state index in [9.17, 15) is 5.11 Å². The summed E-state index contributed by atoms with van der Waals surface area (Å²) in [5, 5.41) is 10.3. The highest BCUT2D eigenvalue weighted by Gasteiger charge is 2.44. The van der Waals surface area contributed by atoms with Crippen LogP contribution in [0.2, 0.25) is 0 Å². The van der Waals surface area contributed by atoms with Crippen LogP contribution < -0.4 is 0 Å². The summed E-state index contributed by atoms with van der Waals surface area (Å²) in [5.41, 5.74) is 0.384. The minimum atomic E-state index is -0.636. The lowest BCUT2D eigenvalue weighted by atomic mass is 9.66. The fraction of sp³-hybridized carbons (Fsp3) is 0.333. The van der Waals surface area contributed by atoms with Gasteiger partial charge >= 0.3 is 0 Å². The van der Waals surface area contributed by atoms with Crippen molar-refractivity contribution in [2.45, 2.75) is 18.4 Å². The van der Waals surface area contributed by atoms with Crippen molar-refractivity contribution in [3.8, 4) is 0 Å². The summed E-state index contributed by atoms with van der Waals surface area (Å²) in [6.45, 7) is 3.74. The molecule has 1 aliphatic carbocycles. The van der Waals surface area contributed by atoms with E-state index in [1.54, 1.807) is 0 Å². The van der Waals surface area contributed by atoms with Crippen molar-refractivity contribution in [1.82, 2.24) is 0 Å². The maximum Gasteiger partial charge on any atom is 0.0958 e. The molecule has 1 saturated carbocycles. The molecular weight excluding hydrogens is 160 g/mol. The molecule has 13 heavy (non-hydrogen) atoms. The van der Waals surface area contributed by atoms with Crippen molar-refractivity contribution in [2.75, 3.05) is 0 Å². The molecule has 1 aromatic carbocycles. The first-order valence-corrected chi connectivity index (χ1v) is 4.68. The van der Waals surface area contributed by atoms with E-state index in [0.29, 0.717) is 0 Å². The average molecular weight is 174 g/mol. The van der Waals surface area contributed by atoms with Gasteiger partial charge in [0.25, 0.3) is 0 Å². The standard InChI is InChI=1S/C12H14O/c1-2-10-8-9-12(10,13)11-6-4-3-5-7-11/h2-7,10,13H,1,8-9H2. The highest BCUT2D eigenvalue weighted by Crippen LogP contribution is 2.46. The van der Waals surface area contributed by atoms with Crippen LogP contribution in [-0.2, 0) is 5.60 Å². The molecule has 2 atom stereocenters.